The first kappa shape index (κ1) is 19.3. The Morgan fingerprint density at radius 2 is 1.70 bits per heavy atom. The van der Waals surface area contributed by atoms with Crippen molar-refractivity contribution in [3.05, 3.63) is 53.6 Å². The topological polar surface area (TPSA) is 29.5 Å². The van der Waals surface area contributed by atoms with Crippen LogP contribution >= 0.6 is 0 Å². The number of rotatable bonds is 1. The van der Waals surface area contributed by atoms with Crippen LogP contribution < -0.4 is 0 Å². The molecular formula is C21H22F3NO2. The van der Waals surface area contributed by atoms with Crippen molar-refractivity contribution in [2.24, 2.45) is 0 Å². The van der Waals surface area contributed by atoms with E-state index in [0.717, 1.165) is 17.2 Å². The fraction of sp³-hybridized carbons (Fsp3) is 0.381. The molecule has 144 valence electrons. The van der Waals surface area contributed by atoms with Gasteiger partial charge in [0.1, 0.15) is 5.60 Å². The van der Waals surface area contributed by atoms with E-state index in [1.54, 1.807) is 23.1 Å². The number of halogens is 3. The molecule has 0 bridgehead atoms. The van der Waals surface area contributed by atoms with Crippen LogP contribution in [0.2, 0.25) is 0 Å². The van der Waals surface area contributed by atoms with Crippen LogP contribution in [0, 0.1) is 0 Å². The van der Waals surface area contributed by atoms with E-state index in [-0.39, 0.29) is 11.5 Å². The molecule has 0 aliphatic carbocycles. The Labute approximate surface area is 156 Å². The maximum Gasteiger partial charge on any atom is 0.417 e. The van der Waals surface area contributed by atoms with Crippen LogP contribution in [0.3, 0.4) is 0 Å². The van der Waals surface area contributed by atoms with Crippen molar-refractivity contribution in [3.8, 4) is 0 Å². The van der Waals surface area contributed by atoms with Gasteiger partial charge in [0.05, 0.1) is 5.56 Å². The van der Waals surface area contributed by atoms with Crippen LogP contribution in [-0.4, -0.2) is 29.7 Å². The third-order valence-electron chi connectivity index (χ3n) is 4.44. The Kier molecular flexibility index (Phi) is 4.93. The largest absolute Gasteiger partial charge is 0.444 e. The van der Waals surface area contributed by atoms with Crippen LogP contribution in [-0.2, 0) is 10.9 Å². The Balaban J connectivity index is 1.90. The average molecular weight is 377 g/mol. The summed E-state index contributed by atoms with van der Waals surface area (Å²) in [7, 11) is 0. The minimum atomic E-state index is -4.40. The van der Waals surface area contributed by atoms with Gasteiger partial charge in [-0.3, -0.25) is 0 Å². The lowest BCUT2D eigenvalue weighted by molar-refractivity contribution is -0.136. The molecule has 0 atom stereocenters. The Bertz CT molecular complexity index is 894. The number of nitrogens with zero attached hydrogens (tertiary/aromatic N) is 1. The van der Waals surface area contributed by atoms with Gasteiger partial charge in [-0.1, -0.05) is 36.4 Å². The Hall–Kier alpha value is -2.50. The summed E-state index contributed by atoms with van der Waals surface area (Å²) in [5.74, 6) is 0. The zero-order valence-electron chi connectivity index (χ0n) is 15.6. The van der Waals surface area contributed by atoms with E-state index in [2.05, 4.69) is 0 Å². The second-order valence-electron chi connectivity index (χ2n) is 7.61. The number of amides is 1. The number of carbonyl (C=O) groups excluding carboxylic acids is 1. The summed E-state index contributed by atoms with van der Waals surface area (Å²) < 4.78 is 45.3. The van der Waals surface area contributed by atoms with Crippen molar-refractivity contribution in [1.82, 2.24) is 4.90 Å². The van der Waals surface area contributed by atoms with Crippen molar-refractivity contribution in [2.75, 3.05) is 13.1 Å². The van der Waals surface area contributed by atoms with E-state index < -0.39 is 17.3 Å². The van der Waals surface area contributed by atoms with Crippen molar-refractivity contribution in [3.63, 3.8) is 0 Å². The van der Waals surface area contributed by atoms with Crippen molar-refractivity contribution >= 4 is 22.4 Å². The second-order valence-corrected chi connectivity index (χ2v) is 7.61. The minimum Gasteiger partial charge on any atom is -0.444 e. The first-order valence-electron chi connectivity index (χ1n) is 8.82. The molecule has 0 N–H and O–H groups in total. The third-order valence-corrected chi connectivity index (χ3v) is 4.44. The predicted octanol–water partition coefficient (Wildman–Crippen LogP) is 5.88. The van der Waals surface area contributed by atoms with Gasteiger partial charge in [0.15, 0.2) is 0 Å². The van der Waals surface area contributed by atoms with E-state index >= 15 is 0 Å². The molecule has 3 nitrogen and oxygen atoms in total. The van der Waals surface area contributed by atoms with Crippen LogP contribution in [0.25, 0.3) is 16.3 Å². The molecule has 2 aromatic rings. The second kappa shape index (κ2) is 6.91. The molecule has 0 unspecified atom stereocenters. The molecule has 1 aliphatic heterocycles. The standard InChI is InChI=1S/C21H22F3NO2/c1-20(2,3)27-19(26)25-12-10-14(11-13-25)15-8-9-18(21(22,23)24)17-7-5-4-6-16(15)17/h4-10H,11-13H2,1-3H3. The number of hydrogen-bond donors (Lipinski definition) is 0. The highest BCUT2D eigenvalue weighted by molar-refractivity contribution is 5.96. The smallest absolute Gasteiger partial charge is 0.417 e. The normalized spacial score (nSPS) is 15.6. The molecule has 2 aromatic carbocycles. The summed E-state index contributed by atoms with van der Waals surface area (Å²) in [6, 6.07) is 9.22. The van der Waals surface area contributed by atoms with Crippen molar-refractivity contribution < 1.29 is 22.7 Å². The Morgan fingerprint density at radius 3 is 2.26 bits per heavy atom. The van der Waals surface area contributed by atoms with E-state index in [1.807, 2.05) is 26.8 Å². The van der Waals surface area contributed by atoms with Crippen LogP contribution in [0.1, 0.15) is 38.3 Å². The SMILES string of the molecule is CC(C)(C)OC(=O)N1CC=C(c2ccc(C(F)(F)F)c3ccccc23)CC1. The van der Waals surface area contributed by atoms with Gasteiger partial charge < -0.3 is 9.64 Å². The van der Waals surface area contributed by atoms with E-state index in [9.17, 15) is 18.0 Å². The summed E-state index contributed by atoms with van der Waals surface area (Å²) in [5, 5.41) is 0.766. The molecule has 6 heteroatoms. The fourth-order valence-electron chi connectivity index (χ4n) is 3.23. The summed E-state index contributed by atoms with van der Waals surface area (Å²) in [6.07, 6.45) is -2.32. The number of alkyl halides is 3. The van der Waals surface area contributed by atoms with Gasteiger partial charge in [0.2, 0.25) is 0 Å². The number of benzene rings is 2. The molecule has 0 spiro atoms. The zero-order valence-corrected chi connectivity index (χ0v) is 15.6. The number of ether oxygens (including phenoxy) is 1. The van der Waals surface area contributed by atoms with E-state index in [4.69, 9.17) is 4.74 Å². The lowest BCUT2D eigenvalue weighted by atomic mass is 9.92. The zero-order chi connectivity index (χ0) is 19.8. The Morgan fingerprint density at radius 1 is 1.04 bits per heavy atom. The highest BCUT2D eigenvalue weighted by Crippen LogP contribution is 2.38. The molecule has 1 aliphatic rings. The maximum atomic E-state index is 13.3. The lowest BCUT2D eigenvalue weighted by Crippen LogP contribution is -2.39. The summed E-state index contributed by atoms with van der Waals surface area (Å²) >= 11 is 0. The average Bonchev–Trinajstić information content (AvgIpc) is 2.58. The van der Waals surface area contributed by atoms with Gasteiger partial charge in [-0.05, 0) is 55.2 Å². The maximum absolute atomic E-state index is 13.3. The number of fused-ring (bicyclic) bond motifs is 1. The van der Waals surface area contributed by atoms with Gasteiger partial charge in [-0.15, -0.1) is 0 Å². The molecular weight excluding hydrogens is 355 g/mol. The minimum absolute atomic E-state index is 0.193. The molecule has 1 amide bonds. The lowest BCUT2D eigenvalue weighted by Gasteiger charge is -2.30. The number of carbonyl (C=O) groups is 1. The highest BCUT2D eigenvalue weighted by atomic mass is 19.4. The van der Waals surface area contributed by atoms with Crippen LogP contribution in [0.15, 0.2) is 42.5 Å². The van der Waals surface area contributed by atoms with Crippen LogP contribution in [0.5, 0.6) is 0 Å². The monoisotopic (exact) mass is 377 g/mol. The molecule has 0 fully saturated rings. The summed E-state index contributed by atoms with van der Waals surface area (Å²) in [5.41, 5.74) is 0.529. The quantitative estimate of drug-likeness (QED) is 0.621. The first-order valence-corrected chi connectivity index (χ1v) is 8.82. The van der Waals surface area contributed by atoms with E-state index in [0.29, 0.717) is 24.9 Å². The molecule has 3 rings (SSSR count). The van der Waals surface area contributed by atoms with Crippen molar-refractivity contribution in [2.45, 2.75) is 39.0 Å². The molecule has 27 heavy (non-hydrogen) atoms. The summed E-state index contributed by atoms with van der Waals surface area (Å²) in [6.45, 7) is 6.27. The van der Waals surface area contributed by atoms with E-state index in [1.165, 1.54) is 12.1 Å². The predicted molar refractivity (Wildman–Crippen MR) is 99.4 cm³/mol. The van der Waals surface area contributed by atoms with Gasteiger partial charge >= 0.3 is 12.3 Å². The highest BCUT2D eigenvalue weighted by Gasteiger charge is 2.33. The first-order chi connectivity index (χ1) is 12.6. The third kappa shape index (κ3) is 4.26. The van der Waals surface area contributed by atoms with Crippen LogP contribution in [0.4, 0.5) is 18.0 Å². The fourth-order valence-corrected chi connectivity index (χ4v) is 3.23. The molecule has 0 saturated heterocycles. The molecule has 1 heterocycles. The van der Waals surface area contributed by atoms with Gasteiger partial charge in [0, 0.05) is 13.1 Å². The summed E-state index contributed by atoms with van der Waals surface area (Å²) in [4.78, 5) is 13.8. The van der Waals surface area contributed by atoms with Crippen molar-refractivity contribution in [1.29, 1.82) is 0 Å². The molecule has 0 radical (unpaired) electrons. The molecule has 0 saturated carbocycles. The van der Waals surface area contributed by atoms with Gasteiger partial charge in [0.25, 0.3) is 0 Å². The van der Waals surface area contributed by atoms with Gasteiger partial charge in [-0.2, -0.15) is 13.2 Å². The number of hydrogen-bond acceptors (Lipinski definition) is 2. The molecule has 0 aromatic heterocycles. The van der Waals surface area contributed by atoms with Gasteiger partial charge in [-0.25, -0.2) is 4.79 Å².